The lowest BCUT2D eigenvalue weighted by molar-refractivity contribution is -0.176. The largest absolute Gasteiger partial charge is 0.452 e. The lowest BCUT2D eigenvalue weighted by Crippen LogP contribution is -2.30. The van der Waals surface area contributed by atoms with E-state index in [0.29, 0.717) is 0 Å². The average molecular weight is 180 g/mol. The van der Waals surface area contributed by atoms with Gasteiger partial charge in [-0.1, -0.05) is 0 Å². The molecule has 1 aliphatic heterocycles. The maximum absolute atomic E-state index is 11.9. The number of hydrogen-bond acceptors (Lipinski definition) is 2. The van der Waals surface area contributed by atoms with Crippen LogP contribution in [0.4, 0.5) is 13.2 Å². The molecule has 0 aromatic rings. The molecular formula is C7H7F3O2. The molecule has 0 amide bonds. The monoisotopic (exact) mass is 180 g/mol. The fourth-order valence-electron chi connectivity index (χ4n) is 1.04. The summed E-state index contributed by atoms with van der Waals surface area (Å²) in [6.45, 7) is 1.22. The second-order valence-corrected chi connectivity index (χ2v) is 2.86. The van der Waals surface area contributed by atoms with Crippen molar-refractivity contribution in [2.75, 3.05) is 0 Å². The van der Waals surface area contributed by atoms with Crippen LogP contribution in [0, 0.1) is 0 Å². The van der Waals surface area contributed by atoms with Crippen molar-refractivity contribution in [1.29, 1.82) is 0 Å². The molecule has 0 aromatic carbocycles. The van der Waals surface area contributed by atoms with Gasteiger partial charge >= 0.3 is 12.1 Å². The van der Waals surface area contributed by atoms with Gasteiger partial charge in [-0.05, 0) is 13.0 Å². The number of ether oxygens (including phenoxy) is 1. The number of carbonyl (C=O) groups is 1. The quantitative estimate of drug-likeness (QED) is 0.575. The zero-order chi connectivity index (χ0) is 9.41. The summed E-state index contributed by atoms with van der Waals surface area (Å²) in [4.78, 5) is 10.5. The molecule has 0 fully saturated rings. The fourth-order valence-corrected chi connectivity index (χ4v) is 1.04. The van der Waals surface area contributed by atoms with Crippen LogP contribution in [0.2, 0.25) is 0 Å². The Morgan fingerprint density at radius 1 is 1.58 bits per heavy atom. The highest BCUT2D eigenvalue weighted by Crippen LogP contribution is 2.33. The van der Waals surface area contributed by atoms with Gasteiger partial charge in [-0.3, -0.25) is 0 Å². The summed E-state index contributed by atoms with van der Waals surface area (Å²) < 4.78 is 40.0. The van der Waals surface area contributed by atoms with E-state index >= 15 is 0 Å². The van der Waals surface area contributed by atoms with Crippen molar-refractivity contribution in [3.8, 4) is 0 Å². The maximum atomic E-state index is 11.9. The molecule has 0 spiro atoms. The third-order valence-electron chi connectivity index (χ3n) is 1.46. The number of alkyl halides is 3. The first-order chi connectivity index (χ1) is 5.31. The highest BCUT2D eigenvalue weighted by molar-refractivity contribution is 5.85. The number of rotatable bonds is 1. The molecule has 0 aliphatic carbocycles. The van der Waals surface area contributed by atoms with Gasteiger partial charge in [0.05, 0.1) is 6.42 Å². The van der Waals surface area contributed by atoms with Crippen molar-refractivity contribution in [2.45, 2.75) is 25.1 Å². The molecule has 1 unspecified atom stereocenters. The fraction of sp³-hybridized carbons (Fsp3) is 0.571. The van der Waals surface area contributed by atoms with Gasteiger partial charge in [0.2, 0.25) is 0 Å². The molecule has 2 nitrogen and oxygen atoms in total. The zero-order valence-electron chi connectivity index (χ0n) is 6.31. The SMILES string of the molecule is CC1(CC(F)(F)F)C=CC(=O)O1. The predicted molar refractivity (Wildman–Crippen MR) is 34.3 cm³/mol. The molecule has 12 heavy (non-hydrogen) atoms. The number of cyclic esters (lactones) is 1. The first kappa shape index (κ1) is 9.09. The van der Waals surface area contributed by atoms with Gasteiger partial charge in [-0.15, -0.1) is 0 Å². The third kappa shape index (κ3) is 2.25. The Labute approximate surface area is 67.0 Å². The smallest absolute Gasteiger partial charge is 0.393 e. The summed E-state index contributed by atoms with van der Waals surface area (Å²) in [6.07, 6.45) is -3.32. The van der Waals surface area contributed by atoms with Gasteiger partial charge in [-0.2, -0.15) is 13.2 Å². The Bertz CT molecular complexity index is 231. The van der Waals surface area contributed by atoms with E-state index in [9.17, 15) is 18.0 Å². The van der Waals surface area contributed by atoms with E-state index in [-0.39, 0.29) is 0 Å². The number of hydrogen-bond donors (Lipinski definition) is 0. The van der Waals surface area contributed by atoms with Crippen LogP contribution in [0.25, 0.3) is 0 Å². The van der Waals surface area contributed by atoms with Crippen molar-refractivity contribution < 1.29 is 22.7 Å². The molecule has 0 N–H and O–H groups in total. The number of carbonyl (C=O) groups excluding carboxylic acids is 1. The van der Waals surface area contributed by atoms with Crippen molar-refractivity contribution in [1.82, 2.24) is 0 Å². The molecule has 68 valence electrons. The summed E-state index contributed by atoms with van der Waals surface area (Å²) in [5.74, 6) is -0.721. The minimum absolute atomic E-state index is 0.721. The van der Waals surface area contributed by atoms with E-state index in [1.54, 1.807) is 0 Å². The first-order valence-corrected chi connectivity index (χ1v) is 3.30. The van der Waals surface area contributed by atoms with Gasteiger partial charge in [-0.25, -0.2) is 4.79 Å². The van der Waals surface area contributed by atoms with Crippen LogP contribution in [0.15, 0.2) is 12.2 Å². The van der Waals surface area contributed by atoms with Crippen LogP contribution >= 0.6 is 0 Å². The summed E-state index contributed by atoms with van der Waals surface area (Å²) >= 11 is 0. The lowest BCUT2D eigenvalue weighted by atomic mass is 10.0. The van der Waals surface area contributed by atoms with Gasteiger partial charge in [0.25, 0.3) is 0 Å². The van der Waals surface area contributed by atoms with E-state index in [1.165, 1.54) is 6.92 Å². The Morgan fingerprint density at radius 2 is 2.17 bits per heavy atom. The summed E-state index contributed by atoms with van der Waals surface area (Å²) in [5, 5.41) is 0. The minimum atomic E-state index is -4.32. The molecule has 0 aromatic heterocycles. The zero-order valence-corrected chi connectivity index (χ0v) is 6.31. The van der Waals surface area contributed by atoms with Crippen LogP contribution in [0.1, 0.15) is 13.3 Å². The van der Waals surface area contributed by atoms with Gasteiger partial charge in [0.1, 0.15) is 5.60 Å². The molecule has 5 heteroatoms. The topological polar surface area (TPSA) is 26.3 Å². The molecule has 1 heterocycles. The van der Waals surface area contributed by atoms with E-state index < -0.39 is 24.2 Å². The third-order valence-corrected chi connectivity index (χ3v) is 1.46. The second-order valence-electron chi connectivity index (χ2n) is 2.86. The highest BCUT2D eigenvalue weighted by atomic mass is 19.4. The second kappa shape index (κ2) is 2.50. The van der Waals surface area contributed by atoms with Crippen molar-refractivity contribution in [3.63, 3.8) is 0 Å². The summed E-state index contributed by atoms with van der Waals surface area (Å²) in [5.41, 5.74) is -1.50. The summed E-state index contributed by atoms with van der Waals surface area (Å²) in [7, 11) is 0. The van der Waals surface area contributed by atoms with Crippen LogP contribution < -0.4 is 0 Å². The van der Waals surface area contributed by atoms with Crippen LogP contribution in [0.3, 0.4) is 0 Å². The van der Waals surface area contributed by atoms with Crippen LogP contribution in [-0.2, 0) is 9.53 Å². The van der Waals surface area contributed by atoms with Crippen LogP contribution in [0.5, 0.6) is 0 Å². The molecule has 1 rings (SSSR count). The van der Waals surface area contributed by atoms with Crippen molar-refractivity contribution in [2.24, 2.45) is 0 Å². The van der Waals surface area contributed by atoms with E-state index in [4.69, 9.17) is 0 Å². The van der Waals surface area contributed by atoms with Gasteiger partial charge < -0.3 is 4.74 Å². The number of esters is 1. The molecule has 1 atom stereocenters. The molecule has 1 aliphatic rings. The normalized spacial score (nSPS) is 29.2. The van der Waals surface area contributed by atoms with Gasteiger partial charge in [0, 0.05) is 6.08 Å². The van der Waals surface area contributed by atoms with Crippen LogP contribution in [-0.4, -0.2) is 17.7 Å². The van der Waals surface area contributed by atoms with E-state index in [2.05, 4.69) is 4.74 Å². The maximum Gasteiger partial charge on any atom is 0.393 e. The Hall–Kier alpha value is -1.00. The lowest BCUT2D eigenvalue weighted by Gasteiger charge is -2.22. The molecule has 0 saturated carbocycles. The summed E-state index contributed by atoms with van der Waals surface area (Å²) in [6, 6.07) is 0. The van der Waals surface area contributed by atoms with E-state index in [0.717, 1.165) is 12.2 Å². The molecular weight excluding hydrogens is 173 g/mol. The number of halogens is 3. The Balaban J connectivity index is 2.64. The molecule has 0 saturated heterocycles. The van der Waals surface area contributed by atoms with Gasteiger partial charge in [0.15, 0.2) is 0 Å². The standard InChI is InChI=1S/C7H7F3O2/c1-6(4-7(8,9)10)3-2-5(11)12-6/h2-3H,4H2,1H3. The van der Waals surface area contributed by atoms with E-state index in [1.807, 2.05) is 0 Å². The minimum Gasteiger partial charge on any atom is -0.452 e. The predicted octanol–water partition coefficient (Wildman–Crippen LogP) is 1.81. The van der Waals surface area contributed by atoms with Crippen molar-refractivity contribution in [3.05, 3.63) is 12.2 Å². The molecule has 0 radical (unpaired) electrons. The first-order valence-electron chi connectivity index (χ1n) is 3.30. The average Bonchev–Trinajstić information content (AvgIpc) is 2.05. The Morgan fingerprint density at radius 3 is 2.50 bits per heavy atom. The van der Waals surface area contributed by atoms with Crippen molar-refractivity contribution >= 4 is 5.97 Å². The Kier molecular flexibility index (Phi) is 1.89. The highest BCUT2D eigenvalue weighted by Gasteiger charge is 2.42. The molecule has 0 bridgehead atoms.